The summed E-state index contributed by atoms with van der Waals surface area (Å²) in [5.41, 5.74) is 2.34. The highest BCUT2D eigenvalue weighted by Gasteiger charge is 2.17. The van der Waals surface area contributed by atoms with E-state index in [-0.39, 0.29) is 17.6 Å². The van der Waals surface area contributed by atoms with Crippen LogP contribution in [0.15, 0.2) is 71.1 Å². The van der Waals surface area contributed by atoms with Crippen molar-refractivity contribution in [2.75, 3.05) is 0 Å². The zero-order valence-electron chi connectivity index (χ0n) is 14.1. The molecule has 4 heteroatoms. The Kier molecular flexibility index (Phi) is 4.80. The van der Waals surface area contributed by atoms with Crippen LogP contribution in [0.5, 0.6) is 0 Å². The number of ketones is 1. The summed E-state index contributed by atoms with van der Waals surface area (Å²) in [7, 11) is 0. The van der Waals surface area contributed by atoms with Crippen molar-refractivity contribution in [1.82, 2.24) is 0 Å². The normalized spacial score (nSPS) is 11.8. The molecule has 25 heavy (non-hydrogen) atoms. The average Bonchev–Trinajstić information content (AvgIpc) is 3.13. The Morgan fingerprint density at radius 3 is 2.24 bits per heavy atom. The van der Waals surface area contributed by atoms with Crippen molar-refractivity contribution in [2.45, 2.75) is 20.0 Å². The van der Waals surface area contributed by atoms with Crippen molar-refractivity contribution in [2.24, 2.45) is 0 Å². The maximum Gasteiger partial charge on any atom is 0.374 e. The fourth-order valence-corrected chi connectivity index (χ4v) is 2.48. The number of carbonyl (C=O) groups is 2. The highest BCUT2D eigenvalue weighted by atomic mass is 16.6. The Morgan fingerprint density at radius 1 is 0.920 bits per heavy atom. The molecule has 0 aliphatic rings. The van der Waals surface area contributed by atoms with Gasteiger partial charge in [0, 0.05) is 11.1 Å². The van der Waals surface area contributed by atoms with Gasteiger partial charge in [0.25, 0.3) is 0 Å². The minimum Gasteiger partial charge on any atom is -0.452 e. The van der Waals surface area contributed by atoms with Gasteiger partial charge in [0.05, 0.1) is 0 Å². The number of Topliss-reactive ketones (excluding diaryl/α,β-unsaturated/α-hetero) is 1. The Bertz CT molecular complexity index is 876. The SMILES string of the molecule is CC(=O)c1ccc(-c2ccc(C(=O)O[C@H](C)c3ccccc3)o2)cc1. The second-order valence-electron chi connectivity index (χ2n) is 5.76. The number of furan rings is 1. The Hall–Kier alpha value is -3.14. The van der Waals surface area contributed by atoms with Gasteiger partial charge in [0.2, 0.25) is 5.76 Å². The van der Waals surface area contributed by atoms with Gasteiger partial charge < -0.3 is 9.15 Å². The first-order valence-corrected chi connectivity index (χ1v) is 8.02. The first kappa shape index (κ1) is 16.7. The van der Waals surface area contributed by atoms with Crippen LogP contribution in [-0.2, 0) is 4.74 Å². The summed E-state index contributed by atoms with van der Waals surface area (Å²) in [5, 5.41) is 0. The highest BCUT2D eigenvalue weighted by Crippen LogP contribution is 2.25. The molecule has 1 heterocycles. The molecule has 4 nitrogen and oxygen atoms in total. The number of carbonyl (C=O) groups excluding carboxylic acids is 2. The summed E-state index contributed by atoms with van der Waals surface area (Å²) in [5.74, 6) is 0.191. The number of esters is 1. The molecule has 0 amide bonds. The van der Waals surface area contributed by atoms with Gasteiger partial charge in [-0.1, -0.05) is 54.6 Å². The van der Waals surface area contributed by atoms with Crippen LogP contribution in [0, 0.1) is 0 Å². The van der Waals surface area contributed by atoms with E-state index < -0.39 is 5.97 Å². The van der Waals surface area contributed by atoms with Crippen molar-refractivity contribution in [1.29, 1.82) is 0 Å². The van der Waals surface area contributed by atoms with Crippen molar-refractivity contribution in [3.8, 4) is 11.3 Å². The molecule has 3 rings (SSSR count). The smallest absolute Gasteiger partial charge is 0.374 e. The molecule has 3 aromatic rings. The van der Waals surface area contributed by atoms with Crippen molar-refractivity contribution < 1.29 is 18.7 Å². The molecule has 0 saturated heterocycles. The van der Waals surface area contributed by atoms with Crippen LogP contribution >= 0.6 is 0 Å². The lowest BCUT2D eigenvalue weighted by Crippen LogP contribution is -2.08. The predicted octanol–water partition coefficient (Wildman–Crippen LogP) is 5.07. The van der Waals surface area contributed by atoms with Gasteiger partial charge >= 0.3 is 5.97 Å². The fraction of sp³-hybridized carbons (Fsp3) is 0.143. The Balaban J connectivity index is 1.72. The molecule has 0 bridgehead atoms. The van der Waals surface area contributed by atoms with E-state index in [1.54, 1.807) is 36.4 Å². The monoisotopic (exact) mass is 334 g/mol. The molecule has 0 radical (unpaired) electrons. The molecule has 1 aromatic heterocycles. The number of hydrogen-bond donors (Lipinski definition) is 0. The van der Waals surface area contributed by atoms with Crippen molar-refractivity contribution in [3.63, 3.8) is 0 Å². The maximum absolute atomic E-state index is 12.3. The molecular weight excluding hydrogens is 316 g/mol. The van der Waals surface area contributed by atoms with Crippen molar-refractivity contribution >= 4 is 11.8 Å². The van der Waals surface area contributed by atoms with Gasteiger partial charge in [0.1, 0.15) is 11.9 Å². The van der Waals surface area contributed by atoms with Crippen molar-refractivity contribution in [3.05, 3.63) is 83.6 Å². The van der Waals surface area contributed by atoms with E-state index in [4.69, 9.17) is 9.15 Å². The number of benzene rings is 2. The number of ether oxygens (including phenoxy) is 1. The predicted molar refractivity (Wildman–Crippen MR) is 94.4 cm³/mol. The van der Waals surface area contributed by atoms with Gasteiger partial charge in [-0.15, -0.1) is 0 Å². The summed E-state index contributed by atoms with van der Waals surface area (Å²) in [6, 6.07) is 19.9. The number of hydrogen-bond acceptors (Lipinski definition) is 4. The van der Waals surface area contributed by atoms with Crippen LogP contribution in [0.1, 0.15) is 46.4 Å². The van der Waals surface area contributed by atoms with E-state index >= 15 is 0 Å². The van der Waals surface area contributed by atoms with E-state index in [0.29, 0.717) is 11.3 Å². The molecule has 1 atom stereocenters. The van der Waals surface area contributed by atoms with Gasteiger partial charge in [-0.05, 0) is 31.5 Å². The second-order valence-corrected chi connectivity index (χ2v) is 5.76. The van der Waals surface area contributed by atoms with E-state index in [1.165, 1.54) is 6.92 Å². The maximum atomic E-state index is 12.3. The fourth-order valence-electron chi connectivity index (χ4n) is 2.48. The first-order chi connectivity index (χ1) is 12.0. The molecule has 126 valence electrons. The Labute approximate surface area is 146 Å². The van der Waals surface area contributed by atoms with Crippen LogP contribution < -0.4 is 0 Å². The zero-order valence-corrected chi connectivity index (χ0v) is 14.1. The minimum atomic E-state index is -0.511. The van der Waals surface area contributed by atoms with Crippen LogP contribution in [0.2, 0.25) is 0 Å². The largest absolute Gasteiger partial charge is 0.452 e. The van der Waals surface area contributed by atoms with Gasteiger partial charge in [-0.2, -0.15) is 0 Å². The van der Waals surface area contributed by atoms with Crippen LogP contribution in [0.3, 0.4) is 0 Å². The zero-order chi connectivity index (χ0) is 17.8. The Morgan fingerprint density at radius 2 is 1.60 bits per heavy atom. The average molecular weight is 334 g/mol. The quantitative estimate of drug-likeness (QED) is 0.483. The first-order valence-electron chi connectivity index (χ1n) is 8.02. The third-order valence-electron chi connectivity index (χ3n) is 3.94. The third-order valence-corrected chi connectivity index (χ3v) is 3.94. The molecule has 0 saturated carbocycles. The van der Waals surface area contributed by atoms with Crippen LogP contribution in [0.25, 0.3) is 11.3 Å². The molecule has 0 N–H and O–H groups in total. The molecule has 0 aliphatic carbocycles. The summed E-state index contributed by atoms with van der Waals surface area (Å²) in [6.07, 6.45) is -0.364. The van der Waals surface area contributed by atoms with Gasteiger partial charge in [-0.25, -0.2) is 4.79 Å². The molecule has 0 unspecified atom stereocenters. The summed E-state index contributed by atoms with van der Waals surface area (Å²) < 4.78 is 11.1. The van der Waals surface area contributed by atoms with E-state index in [0.717, 1.165) is 11.1 Å². The molecule has 2 aromatic carbocycles. The van der Waals surface area contributed by atoms with E-state index in [1.807, 2.05) is 37.3 Å². The van der Waals surface area contributed by atoms with Gasteiger partial charge in [-0.3, -0.25) is 4.79 Å². The molecular formula is C21H18O4. The molecule has 0 fully saturated rings. The van der Waals surface area contributed by atoms with Crippen LogP contribution in [-0.4, -0.2) is 11.8 Å². The molecule has 0 spiro atoms. The standard InChI is InChI=1S/C21H18O4/c1-14(22)16-8-10-18(11-9-16)19-12-13-20(25-19)21(23)24-15(2)17-6-4-3-5-7-17/h3-13,15H,1-2H3/t15-/m1/s1. The summed E-state index contributed by atoms with van der Waals surface area (Å²) in [4.78, 5) is 23.6. The lowest BCUT2D eigenvalue weighted by Gasteiger charge is -2.12. The van der Waals surface area contributed by atoms with E-state index in [9.17, 15) is 9.59 Å². The number of rotatable bonds is 5. The highest BCUT2D eigenvalue weighted by molar-refractivity contribution is 5.94. The third kappa shape index (κ3) is 3.86. The van der Waals surface area contributed by atoms with E-state index in [2.05, 4.69) is 0 Å². The lowest BCUT2D eigenvalue weighted by molar-refractivity contribution is 0.0302. The topological polar surface area (TPSA) is 56.5 Å². The minimum absolute atomic E-state index is 0.00478. The molecule has 0 aliphatic heterocycles. The van der Waals surface area contributed by atoms with Crippen LogP contribution in [0.4, 0.5) is 0 Å². The second kappa shape index (κ2) is 7.18. The van der Waals surface area contributed by atoms with Gasteiger partial charge in [0.15, 0.2) is 5.78 Å². The lowest BCUT2D eigenvalue weighted by atomic mass is 10.1. The summed E-state index contributed by atoms with van der Waals surface area (Å²) in [6.45, 7) is 3.33. The summed E-state index contributed by atoms with van der Waals surface area (Å²) >= 11 is 0.